The van der Waals surface area contributed by atoms with Gasteiger partial charge in [0.15, 0.2) is 0 Å². The summed E-state index contributed by atoms with van der Waals surface area (Å²) in [7, 11) is 1.79. The van der Waals surface area contributed by atoms with Crippen molar-refractivity contribution in [2.45, 2.75) is 43.9 Å². The van der Waals surface area contributed by atoms with Crippen molar-refractivity contribution in [3.63, 3.8) is 0 Å². The first kappa shape index (κ1) is 13.4. The summed E-state index contributed by atoms with van der Waals surface area (Å²) in [5.41, 5.74) is 2.90. The normalized spacial score (nSPS) is 24.0. The van der Waals surface area contributed by atoms with Crippen LogP contribution in [0.5, 0.6) is 5.75 Å². The van der Waals surface area contributed by atoms with E-state index in [1.165, 1.54) is 43.2 Å². The Hall–Kier alpha value is -0.540. The van der Waals surface area contributed by atoms with Crippen molar-refractivity contribution in [3.8, 4) is 5.75 Å². The largest absolute Gasteiger partial charge is 0.495 e. The van der Waals surface area contributed by atoms with Crippen LogP contribution in [0.25, 0.3) is 0 Å². The number of ether oxygens (including phenoxy) is 1. The zero-order chi connectivity index (χ0) is 13.2. The van der Waals surface area contributed by atoms with Crippen molar-refractivity contribution >= 4 is 15.9 Å². The summed E-state index contributed by atoms with van der Waals surface area (Å²) in [6, 6.07) is 4.67. The van der Waals surface area contributed by atoms with E-state index in [2.05, 4.69) is 33.4 Å². The van der Waals surface area contributed by atoms with Gasteiger partial charge in [-0.2, -0.15) is 0 Å². The molecule has 1 aromatic rings. The Balaban J connectivity index is 1.98. The van der Waals surface area contributed by atoms with Crippen LogP contribution in [-0.2, 0) is 0 Å². The summed E-state index contributed by atoms with van der Waals surface area (Å²) in [6.45, 7) is 2.26. The highest BCUT2D eigenvalue weighted by Crippen LogP contribution is 2.43. The highest BCUT2D eigenvalue weighted by molar-refractivity contribution is 9.10. The van der Waals surface area contributed by atoms with E-state index in [4.69, 9.17) is 4.74 Å². The van der Waals surface area contributed by atoms with Gasteiger partial charge in [-0.3, -0.25) is 0 Å². The molecule has 1 N–H and O–H groups in total. The molecule has 1 heterocycles. The van der Waals surface area contributed by atoms with Gasteiger partial charge < -0.3 is 10.1 Å². The molecule has 104 valence electrons. The number of methoxy groups -OCH3 is 1. The molecule has 1 atom stereocenters. The summed E-state index contributed by atoms with van der Waals surface area (Å²) in [6.07, 6.45) is 6.61. The van der Waals surface area contributed by atoms with Crippen LogP contribution < -0.4 is 10.1 Å². The second kappa shape index (κ2) is 5.84. The molecule has 1 saturated carbocycles. The van der Waals surface area contributed by atoms with Crippen molar-refractivity contribution in [2.75, 3.05) is 20.2 Å². The molecule has 1 unspecified atom stereocenters. The summed E-state index contributed by atoms with van der Waals surface area (Å²) >= 11 is 3.71. The van der Waals surface area contributed by atoms with E-state index >= 15 is 0 Å². The van der Waals surface area contributed by atoms with Crippen molar-refractivity contribution in [1.82, 2.24) is 5.32 Å². The van der Waals surface area contributed by atoms with Crippen LogP contribution in [0.1, 0.15) is 55.1 Å². The smallest absolute Gasteiger partial charge is 0.136 e. The molecule has 3 rings (SSSR count). The minimum atomic E-state index is 0.669. The molecule has 1 aliphatic heterocycles. The first-order chi connectivity index (χ1) is 9.29. The van der Waals surface area contributed by atoms with Gasteiger partial charge in [-0.1, -0.05) is 18.9 Å². The Bertz CT molecular complexity index is 448. The highest BCUT2D eigenvalue weighted by Gasteiger charge is 2.25. The summed E-state index contributed by atoms with van der Waals surface area (Å²) in [5.74, 6) is 2.42. The Morgan fingerprint density at radius 3 is 2.58 bits per heavy atom. The maximum Gasteiger partial charge on any atom is 0.136 e. The van der Waals surface area contributed by atoms with Gasteiger partial charge in [0.25, 0.3) is 0 Å². The lowest BCUT2D eigenvalue weighted by Gasteiger charge is -2.19. The van der Waals surface area contributed by atoms with Gasteiger partial charge in [-0.05, 0) is 70.8 Å². The molecule has 3 heteroatoms. The quantitative estimate of drug-likeness (QED) is 0.900. The maximum atomic E-state index is 5.64. The van der Waals surface area contributed by atoms with Gasteiger partial charge in [0.1, 0.15) is 5.75 Å². The van der Waals surface area contributed by atoms with Gasteiger partial charge in [-0.15, -0.1) is 0 Å². The molecule has 2 aliphatic rings. The summed E-state index contributed by atoms with van der Waals surface area (Å²) < 4.78 is 6.77. The van der Waals surface area contributed by atoms with E-state index in [1.54, 1.807) is 7.11 Å². The van der Waals surface area contributed by atoms with Gasteiger partial charge in [-0.25, -0.2) is 0 Å². The van der Waals surface area contributed by atoms with Gasteiger partial charge in [0.2, 0.25) is 0 Å². The molecular weight excluding hydrogens is 302 g/mol. The highest BCUT2D eigenvalue weighted by atomic mass is 79.9. The average Bonchev–Trinajstić information content (AvgIpc) is 3.11. The molecule has 1 aromatic carbocycles. The van der Waals surface area contributed by atoms with Crippen LogP contribution >= 0.6 is 15.9 Å². The van der Waals surface area contributed by atoms with E-state index in [1.807, 2.05) is 0 Å². The fraction of sp³-hybridized carbons (Fsp3) is 0.625. The van der Waals surface area contributed by atoms with Crippen LogP contribution in [0.15, 0.2) is 16.6 Å². The van der Waals surface area contributed by atoms with Crippen LogP contribution in [0.4, 0.5) is 0 Å². The molecule has 0 bridgehead atoms. The zero-order valence-corrected chi connectivity index (χ0v) is 13.1. The van der Waals surface area contributed by atoms with Crippen molar-refractivity contribution in [2.24, 2.45) is 0 Å². The molecule has 1 aliphatic carbocycles. The van der Waals surface area contributed by atoms with E-state index in [0.29, 0.717) is 11.8 Å². The van der Waals surface area contributed by atoms with Crippen LogP contribution in [0.2, 0.25) is 0 Å². The Kier molecular flexibility index (Phi) is 4.13. The first-order valence-electron chi connectivity index (χ1n) is 7.37. The SMILES string of the molecule is COc1c(Br)cc(C2CCNC2)cc1C1CCCC1. The second-order valence-electron chi connectivity index (χ2n) is 5.80. The number of rotatable bonds is 3. The topological polar surface area (TPSA) is 21.3 Å². The second-order valence-corrected chi connectivity index (χ2v) is 6.65. The fourth-order valence-corrected chi connectivity index (χ4v) is 4.22. The minimum absolute atomic E-state index is 0.669. The monoisotopic (exact) mass is 323 g/mol. The predicted molar refractivity (Wildman–Crippen MR) is 82.1 cm³/mol. The lowest BCUT2D eigenvalue weighted by atomic mass is 9.90. The van der Waals surface area contributed by atoms with E-state index < -0.39 is 0 Å². The number of benzene rings is 1. The molecule has 2 nitrogen and oxygen atoms in total. The lowest BCUT2D eigenvalue weighted by molar-refractivity contribution is 0.402. The maximum absolute atomic E-state index is 5.64. The lowest BCUT2D eigenvalue weighted by Crippen LogP contribution is -2.09. The molecule has 1 saturated heterocycles. The molecule has 2 fully saturated rings. The predicted octanol–water partition coefficient (Wildman–Crippen LogP) is 4.19. The zero-order valence-electron chi connectivity index (χ0n) is 11.5. The molecule has 19 heavy (non-hydrogen) atoms. The van der Waals surface area contributed by atoms with Gasteiger partial charge in [0, 0.05) is 6.54 Å². The molecular formula is C16H22BrNO. The number of nitrogens with one attached hydrogen (secondary N) is 1. The molecule has 0 spiro atoms. The minimum Gasteiger partial charge on any atom is -0.495 e. The van der Waals surface area contributed by atoms with E-state index in [9.17, 15) is 0 Å². The fourth-order valence-electron chi connectivity index (χ4n) is 3.57. The third-order valence-corrected chi connectivity index (χ3v) is 5.21. The average molecular weight is 324 g/mol. The third kappa shape index (κ3) is 2.68. The van der Waals surface area contributed by atoms with Crippen LogP contribution in [0, 0.1) is 0 Å². The van der Waals surface area contributed by atoms with Crippen molar-refractivity contribution < 1.29 is 4.74 Å². The number of halogens is 1. The van der Waals surface area contributed by atoms with E-state index in [0.717, 1.165) is 23.3 Å². The van der Waals surface area contributed by atoms with Crippen molar-refractivity contribution in [1.29, 1.82) is 0 Å². The standard InChI is InChI=1S/C16H22BrNO/c1-19-16-14(11-4-2-3-5-11)8-13(9-15(16)17)12-6-7-18-10-12/h8-9,11-12,18H,2-7,10H2,1H3. The van der Waals surface area contributed by atoms with Gasteiger partial charge >= 0.3 is 0 Å². The molecule has 0 aromatic heterocycles. The van der Waals surface area contributed by atoms with Gasteiger partial charge in [0.05, 0.1) is 11.6 Å². The Morgan fingerprint density at radius 1 is 1.16 bits per heavy atom. The Morgan fingerprint density at radius 2 is 1.95 bits per heavy atom. The van der Waals surface area contributed by atoms with E-state index in [-0.39, 0.29) is 0 Å². The number of hydrogen-bond acceptors (Lipinski definition) is 2. The summed E-state index contributed by atoms with van der Waals surface area (Å²) in [4.78, 5) is 0. The van der Waals surface area contributed by atoms with Crippen LogP contribution in [0.3, 0.4) is 0 Å². The first-order valence-corrected chi connectivity index (χ1v) is 8.17. The molecule has 0 amide bonds. The summed E-state index contributed by atoms with van der Waals surface area (Å²) in [5, 5.41) is 3.46. The van der Waals surface area contributed by atoms with Crippen molar-refractivity contribution in [3.05, 3.63) is 27.7 Å². The number of hydrogen-bond donors (Lipinski definition) is 1. The third-order valence-electron chi connectivity index (χ3n) is 4.63. The molecule has 0 radical (unpaired) electrons. The van der Waals surface area contributed by atoms with Crippen LogP contribution in [-0.4, -0.2) is 20.2 Å². The Labute approximate surface area is 124 Å².